The van der Waals surface area contributed by atoms with Crippen LogP contribution in [0.3, 0.4) is 0 Å². The number of nitrogens with zero attached hydrogens (tertiary/aromatic N) is 3. The number of fused-ring (bicyclic) bond motifs is 2. The van der Waals surface area contributed by atoms with Gasteiger partial charge in [0.25, 0.3) is 5.56 Å². The Morgan fingerprint density at radius 3 is 2.43 bits per heavy atom. The second kappa shape index (κ2) is 11.0. The van der Waals surface area contributed by atoms with Gasteiger partial charge in [0.2, 0.25) is 0 Å². The van der Waals surface area contributed by atoms with Crippen LogP contribution >= 0.6 is 0 Å². The molecule has 0 saturated carbocycles. The summed E-state index contributed by atoms with van der Waals surface area (Å²) < 4.78 is 48.0. The molecular formula is C34H24F3N3O2. The van der Waals surface area contributed by atoms with Gasteiger partial charge in [0.1, 0.15) is 12.4 Å². The van der Waals surface area contributed by atoms with Crippen molar-refractivity contribution in [2.75, 3.05) is 0 Å². The number of aryl methyl sites for hydroxylation is 1. The predicted molar refractivity (Wildman–Crippen MR) is 159 cm³/mol. The Bertz CT molecular complexity index is 2030. The standard InChI is InChI=1S/C34H24F3N3O2/c1-22-8-6-9-23(18-22)21-42-31-17-16-24-10-2-3-13-27(24)29(31)20-38-40-32(25-11-7-12-26(19-25)34(35,36)37)39-30-15-5-4-14-28(30)33(40)41/h2-20H,21H2,1H3. The van der Waals surface area contributed by atoms with E-state index in [9.17, 15) is 18.0 Å². The maximum atomic E-state index is 13.7. The molecule has 208 valence electrons. The molecule has 0 amide bonds. The summed E-state index contributed by atoms with van der Waals surface area (Å²) in [6.07, 6.45) is -3.06. The average Bonchev–Trinajstić information content (AvgIpc) is 2.99. The Morgan fingerprint density at radius 2 is 1.62 bits per heavy atom. The number of ether oxygens (including phenoxy) is 1. The zero-order chi connectivity index (χ0) is 29.3. The van der Waals surface area contributed by atoms with Crippen LogP contribution in [0.1, 0.15) is 22.3 Å². The summed E-state index contributed by atoms with van der Waals surface area (Å²) in [5.74, 6) is 0.532. The number of para-hydroxylation sites is 1. The fraction of sp³-hybridized carbons (Fsp3) is 0.0882. The molecule has 1 aromatic heterocycles. The highest BCUT2D eigenvalue weighted by Crippen LogP contribution is 2.32. The van der Waals surface area contributed by atoms with E-state index in [2.05, 4.69) is 10.1 Å². The van der Waals surface area contributed by atoms with Gasteiger partial charge in [0, 0.05) is 11.1 Å². The maximum Gasteiger partial charge on any atom is 0.416 e. The van der Waals surface area contributed by atoms with Crippen molar-refractivity contribution in [1.29, 1.82) is 0 Å². The van der Waals surface area contributed by atoms with Crippen LogP contribution in [0, 0.1) is 6.92 Å². The highest BCUT2D eigenvalue weighted by molar-refractivity contribution is 6.02. The van der Waals surface area contributed by atoms with Gasteiger partial charge in [-0.05, 0) is 53.6 Å². The van der Waals surface area contributed by atoms with Crippen molar-refractivity contribution in [3.8, 4) is 17.1 Å². The topological polar surface area (TPSA) is 56.5 Å². The van der Waals surface area contributed by atoms with E-state index in [4.69, 9.17) is 4.74 Å². The Labute approximate surface area is 239 Å². The van der Waals surface area contributed by atoms with Crippen LogP contribution in [0.15, 0.2) is 119 Å². The quantitative estimate of drug-likeness (QED) is 0.193. The molecule has 5 nitrogen and oxygen atoms in total. The van der Waals surface area contributed by atoms with Gasteiger partial charge in [-0.1, -0.05) is 84.4 Å². The summed E-state index contributed by atoms with van der Waals surface area (Å²) in [4.78, 5) is 18.2. The molecule has 0 spiro atoms. The van der Waals surface area contributed by atoms with Gasteiger partial charge in [-0.15, -0.1) is 0 Å². The van der Waals surface area contributed by atoms with Crippen LogP contribution in [-0.2, 0) is 12.8 Å². The van der Waals surface area contributed by atoms with Crippen molar-refractivity contribution in [3.63, 3.8) is 0 Å². The Morgan fingerprint density at radius 1 is 0.857 bits per heavy atom. The summed E-state index contributed by atoms with van der Waals surface area (Å²) in [7, 11) is 0. The Balaban J connectivity index is 1.51. The van der Waals surface area contributed by atoms with Crippen molar-refractivity contribution >= 4 is 27.9 Å². The minimum atomic E-state index is -4.56. The number of benzene rings is 5. The largest absolute Gasteiger partial charge is 0.488 e. The molecule has 0 aliphatic carbocycles. The molecule has 5 aromatic carbocycles. The minimum Gasteiger partial charge on any atom is -0.488 e. The third-order valence-electron chi connectivity index (χ3n) is 6.91. The molecule has 0 radical (unpaired) electrons. The number of aromatic nitrogens is 2. The zero-order valence-corrected chi connectivity index (χ0v) is 22.5. The number of hydrogen-bond donors (Lipinski definition) is 0. The highest BCUT2D eigenvalue weighted by atomic mass is 19.4. The first kappa shape index (κ1) is 27.0. The lowest BCUT2D eigenvalue weighted by Crippen LogP contribution is -2.20. The van der Waals surface area contributed by atoms with Gasteiger partial charge in [0.05, 0.1) is 22.7 Å². The molecule has 0 fully saturated rings. The maximum absolute atomic E-state index is 13.7. The van der Waals surface area contributed by atoms with E-state index in [1.54, 1.807) is 24.3 Å². The molecule has 0 atom stereocenters. The van der Waals surface area contributed by atoms with Crippen molar-refractivity contribution in [3.05, 3.63) is 142 Å². The average molecular weight is 564 g/mol. The van der Waals surface area contributed by atoms with E-state index in [0.717, 1.165) is 38.7 Å². The van der Waals surface area contributed by atoms with Gasteiger partial charge in [-0.2, -0.15) is 22.9 Å². The Hall–Kier alpha value is -5.24. The molecule has 0 N–H and O–H groups in total. The van der Waals surface area contributed by atoms with Gasteiger partial charge in [-0.25, -0.2) is 4.98 Å². The lowest BCUT2D eigenvalue weighted by atomic mass is 10.0. The molecule has 0 saturated heterocycles. The normalized spacial score (nSPS) is 11.9. The summed E-state index contributed by atoms with van der Waals surface area (Å²) in [6, 6.07) is 30.8. The van der Waals surface area contributed by atoms with E-state index in [-0.39, 0.29) is 11.4 Å². The summed E-state index contributed by atoms with van der Waals surface area (Å²) >= 11 is 0. The van der Waals surface area contributed by atoms with Crippen molar-refractivity contribution in [2.24, 2.45) is 5.10 Å². The number of hydrogen-bond acceptors (Lipinski definition) is 4. The van der Waals surface area contributed by atoms with Crippen LogP contribution in [0.5, 0.6) is 5.75 Å². The first-order chi connectivity index (χ1) is 20.3. The molecule has 0 aliphatic heterocycles. The van der Waals surface area contributed by atoms with Crippen molar-refractivity contribution in [1.82, 2.24) is 9.66 Å². The molecule has 1 heterocycles. The van der Waals surface area contributed by atoms with E-state index >= 15 is 0 Å². The summed E-state index contributed by atoms with van der Waals surface area (Å²) in [5.41, 5.74) is 1.84. The lowest BCUT2D eigenvalue weighted by molar-refractivity contribution is -0.137. The molecule has 8 heteroatoms. The molecule has 42 heavy (non-hydrogen) atoms. The van der Waals surface area contributed by atoms with E-state index < -0.39 is 17.3 Å². The number of halogens is 3. The van der Waals surface area contributed by atoms with E-state index in [1.807, 2.05) is 67.6 Å². The van der Waals surface area contributed by atoms with Gasteiger partial charge < -0.3 is 4.74 Å². The van der Waals surface area contributed by atoms with E-state index in [0.29, 0.717) is 28.8 Å². The first-order valence-electron chi connectivity index (χ1n) is 13.2. The van der Waals surface area contributed by atoms with Crippen LogP contribution in [-0.4, -0.2) is 15.9 Å². The van der Waals surface area contributed by atoms with E-state index in [1.165, 1.54) is 18.3 Å². The van der Waals surface area contributed by atoms with Gasteiger partial charge in [-0.3, -0.25) is 4.79 Å². The first-order valence-corrected chi connectivity index (χ1v) is 13.2. The van der Waals surface area contributed by atoms with Crippen molar-refractivity contribution < 1.29 is 17.9 Å². The third kappa shape index (κ3) is 5.39. The van der Waals surface area contributed by atoms with Gasteiger partial charge >= 0.3 is 6.18 Å². The predicted octanol–water partition coefficient (Wildman–Crippen LogP) is 8.01. The van der Waals surface area contributed by atoms with Crippen LogP contribution < -0.4 is 10.3 Å². The SMILES string of the molecule is Cc1cccc(COc2ccc3ccccc3c2C=Nn2c(-c3cccc(C(F)(F)F)c3)nc3ccccc3c2=O)c1. The minimum absolute atomic E-state index is 0.0106. The number of alkyl halides is 3. The number of rotatable bonds is 6. The monoisotopic (exact) mass is 563 g/mol. The third-order valence-corrected chi connectivity index (χ3v) is 6.91. The van der Waals surface area contributed by atoms with Crippen molar-refractivity contribution in [2.45, 2.75) is 19.7 Å². The molecular weight excluding hydrogens is 539 g/mol. The fourth-order valence-electron chi connectivity index (χ4n) is 4.87. The second-order valence-corrected chi connectivity index (χ2v) is 9.87. The highest BCUT2D eigenvalue weighted by Gasteiger charge is 2.31. The Kier molecular flexibility index (Phi) is 7.04. The molecule has 6 aromatic rings. The molecule has 6 rings (SSSR count). The smallest absolute Gasteiger partial charge is 0.416 e. The molecule has 0 unspecified atom stereocenters. The van der Waals surface area contributed by atoms with Crippen LogP contribution in [0.2, 0.25) is 0 Å². The fourth-order valence-corrected chi connectivity index (χ4v) is 4.87. The zero-order valence-electron chi connectivity index (χ0n) is 22.5. The second-order valence-electron chi connectivity index (χ2n) is 9.87. The molecule has 0 bridgehead atoms. The molecule has 0 aliphatic rings. The van der Waals surface area contributed by atoms with Gasteiger partial charge in [0.15, 0.2) is 5.82 Å². The summed E-state index contributed by atoms with van der Waals surface area (Å²) in [6.45, 7) is 2.32. The van der Waals surface area contributed by atoms with Crippen LogP contribution in [0.4, 0.5) is 13.2 Å². The summed E-state index contributed by atoms with van der Waals surface area (Å²) in [5, 5.41) is 6.59. The van der Waals surface area contributed by atoms with Crippen LogP contribution in [0.25, 0.3) is 33.1 Å². The lowest BCUT2D eigenvalue weighted by Gasteiger charge is -2.14.